The fourth-order valence-corrected chi connectivity index (χ4v) is 2.39. The van der Waals surface area contributed by atoms with Gasteiger partial charge in [0.25, 0.3) is 0 Å². The fraction of sp³-hybridized carbons (Fsp3) is 0.0714. The van der Waals surface area contributed by atoms with Crippen LogP contribution in [0, 0.1) is 11.6 Å². The van der Waals surface area contributed by atoms with Gasteiger partial charge in [-0.1, -0.05) is 28.1 Å². The summed E-state index contributed by atoms with van der Waals surface area (Å²) >= 11 is 3.19. The van der Waals surface area contributed by atoms with Crippen molar-refractivity contribution in [2.24, 2.45) is 0 Å². The van der Waals surface area contributed by atoms with Crippen molar-refractivity contribution in [1.82, 2.24) is 9.55 Å². The standard InChI is InChI=1S/C14H9BrF2N2/c15-7-9-5-10(16)14(11(17)6-9)19-8-18-12-3-1-2-4-13(12)19/h1-6,8H,7H2. The van der Waals surface area contributed by atoms with E-state index in [1.807, 2.05) is 12.1 Å². The quantitative estimate of drug-likeness (QED) is 0.646. The molecule has 0 saturated carbocycles. The van der Waals surface area contributed by atoms with Crippen molar-refractivity contribution >= 4 is 27.0 Å². The Morgan fingerprint density at radius 2 is 1.79 bits per heavy atom. The van der Waals surface area contributed by atoms with E-state index < -0.39 is 11.6 Å². The van der Waals surface area contributed by atoms with Crippen LogP contribution in [0.5, 0.6) is 0 Å². The molecule has 5 heteroatoms. The summed E-state index contributed by atoms with van der Waals surface area (Å²) in [6, 6.07) is 9.86. The number of hydrogen-bond acceptors (Lipinski definition) is 1. The molecule has 1 aromatic heterocycles. The van der Waals surface area contributed by atoms with Crippen LogP contribution in [0.2, 0.25) is 0 Å². The van der Waals surface area contributed by atoms with Gasteiger partial charge < -0.3 is 0 Å². The zero-order valence-corrected chi connectivity index (χ0v) is 11.4. The van der Waals surface area contributed by atoms with Gasteiger partial charge in [0.15, 0.2) is 11.6 Å². The third-order valence-electron chi connectivity index (χ3n) is 2.93. The Bertz CT molecular complexity index is 729. The number of halogens is 3. The lowest BCUT2D eigenvalue weighted by atomic mass is 10.2. The number of benzene rings is 2. The van der Waals surface area contributed by atoms with Crippen LogP contribution in [0.1, 0.15) is 5.56 Å². The van der Waals surface area contributed by atoms with Crippen molar-refractivity contribution in [2.45, 2.75) is 5.33 Å². The Labute approximate surface area is 116 Å². The summed E-state index contributed by atoms with van der Waals surface area (Å²) in [5.41, 5.74) is 1.83. The van der Waals surface area contributed by atoms with E-state index in [2.05, 4.69) is 20.9 Å². The van der Waals surface area contributed by atoms with Crippen molar-refractivity contribution in [1.29, 1.82) is 0 Å². The van der Waals surface area contributed by atoms with E-state index in [0.717, 1.165) is 0 Å². The Balaban J connectivity index is 2.27. The summed E-state index contributed by atoms with van der Waals surface area (Å²) in [5, 5.41) is 0.409. The van der Waals surface area contributed by atoms with Crippen molar-refractivity contribution < 1.29 is 8.78 Å². The summed E-state index contributed by atoms with van der Waals surface area (Å²) in [7, 11) is 0. The minimum absolute atomic E-state index is 0.0987. The zero-order valence-electron chi connectivity index (χ0n) is 9.78. The van der Waals surface area contributed by atoms with Gasteiger partial charge in [-0.25, -0.2) is 13.8 Å². The highest BCUT2D eigenvalue weighted by Gasteiger charge is 2.15. The lowest BCUT2D eigenvalue weighted by Gasteiger charge is -2.08. The first-order valence-electron chi connectivity index (χ1n) is 5.67. The monoisotopic (exact) mass is 322 g/mol. The molecule has 96 valence electrons. The van der Waals surface area contributed by atoms with Gasteiger partial charge in [0.2, 0.25) is 0 Å². The second-order valence-electron chi connectivity index (χ2n) is 4.14. The molecule has 2 nitrogen and oxygen atoms in total. The molecule has 0 radical (unpaired) electrons. The molecule has 0 aliphatic carbocycles. The minimum atomic E-state index is -0.599. The molecule has 0 N–H and O–H groups in total. The zero-order chi connectivity index (χ0) is 13.4. The highest BCUT2D eigenvalue weighted by Crippen LogP contribution is 2.24. The van der Waals surface area contributed by atoms with Gasteiger partial charge in [-0.2, -0.15) is 0 Å². The Morgan fingerprint density at radius 3 is 2.47 bits per heavy atom. The molecule has 0 bridgehead atoms. The highest BCUT2D eigenvalue weighted by molar-refractivity contribution is 9.08. The number of hydrogen-bond donors (Lipinski definition) is 0. The largest absolute Gasteiger partial charge is 0.293 e. The summed E-state index contributed by atoms with van der Waals surface area (Å²) < 4.78 is 29.6. The molecule has 2 aromatic carbocycles. The molecule has 3 rings (SSSR count). The molecule has 1 heterocycles. The number of imidazole rings is 1. The average molecular weight is 323 g/mol. The van der Waals surface area contributed by atoms with Crippen LogP contribution in [0.25, 0.3) is 16.7 Å². The summed E-state index contributed by atoms with van der Waals surface area (Å²) in [6.07, 6.45) is 1.43. The van der Waals surface area contributed by atoms with Crippen LogP contribution in [0.3, 0.4) is 0 Å². The second kappa shape index (κ2) is 4.74. The van der Waals surface area contributed by atoms with E-state index in [1.54, 1.807) is 12.1 Å². The number of fused-ring (bicyclic) bond motifs is 1. The van der Waals surface area contributed by atoms with Crippen LogP contribution in [0.4, 0.5) is 8.78 Å². The lowest BCUT2D eigenvalue weighted by molar-refractivity contribution is 0.569. The van der Waals surface area contributed by atoms with Gasteiger partial charge >= 0.3 is 0 Å². The summed E-state index contributed by atoms with van der Waals surface area (Å²) in [5.74, 6) is -1.20. The third-order valence-corrected chi connectivity index (χ3v) is 3.57. The van der Waals surface area contributed by atoms with Gasteiger partial charge in [-0.15, -0.1) is 0 Å². The Kier molecular flexibility index (Phi) is 3.06. The molecule has 0 aliphatic rings. The highest BCUT2D eigenvalue weighted by atomic mass is 79.9. The number of aromatic nitrogens is 2. The van der Waals surface area contributed by atoms with E-state index in [4.69, 9.17) is 0 Å². The number of rotatable bonds is 2. The van der Waals surface area contributed by atoms with Crippen LogP contribution in [0.15, 0.2) is 42.7 Å². The fourth-order valence-electron chi connectivity index (χ4n) is 2.06. The van der Waals surface area contributed by atoms with Gasteiger partial charge in [0.05, 0.1) is 11.0 Å². The molecule has 0 fully saturated rings. The molecule has 0 aliphatic heterocycles. The molecule has 0 spiro atoms. The van der Waals surface area contributed by atoms with Crippen LogP contribution < -0.4 is 0 Å². The van der Waals surface area contributed by atoms with Crippen molar-refractivity contribution in [3.8, 4) is 5.69 Å². The molecule has 3 aromatic rings. The average Bonchev–Trinajstić information content (AvgIpc) is 2.82. The molecule has 0 amide bonds. The first kappa shape index (κ1) is 12.3. The first-order chi connectivity index (χ1) is 9.20. The summed E-state index contributed by atoms with van der Waals surface area (Å²) in [6.45, 7) is 0. The predicted molar refractivity (Wildman–Crippen MR) is 73.6 cm³/mol. The molecule has 19 heavy (non-hydrogen) atoms. The normalized spacial score (nSPS) is 11.1. The smallest absolute Gasteiger partial charge is 0.150 e. The molecule has 0 atom stereocenters. The van der Waals surface area contributed by atoms with E-state index in [9.17, 15) is 8.78 Å². The van der Waals surface area contributed by atoms with Crippen LogP contribution in [-0.2, 0) is 5.33 Å². The van der Waals surface area contributed by atoms with Crippen LogP contribution >= 0.6 is 15.9 Å². The molecular weight excluding hydrogens is 314 g/mol. The Hall–Kier alpha value is -1.75. The summed E-state index contributed by atoms with van der Waals surface area (Å²) in [4.78, 5) is 4.14. The predicted octanol–water partition coefficient (Wildman–Crippen LogP) is 4.20. The maximum absolute atomic E-state index is 14.1. The van der Waals surface area contributed by atoms with E-state index in [-0.39, 0.29) is 5.69 Å². The maximum Gasteiger partial charge on any atom is 0.150 e. The SMILES string of the molecule is Fc1cc(CBr)cc(F)c1-n1cnc2ccccc21. The number of para-hydroxylation sites is 2. The second-order valence-corrected chi connectivity index (χ2v) is 4.71. The maximum atomic E-state index is 14.1. The molecule has 0 unspecified atom stereocenters. The van der Waals surface area contributed by atoms with E-state index in [1.165, 1.54) is 23.0 Å². The van der Waals surface area contributed by atoms with E-state index in [0.29, 0.717) is 21.9 Å². The van der Waals surface area contributed by atoms with Crippen LogP contribution in [-0.4, -0.2) is 9.55 Å². The van der Waals surface area contributed by atoms with Gasteiger partial charge in [-0.3, -0.25) is 4.57 Å². The van der Waals surface area contributed by atoms with Crippen molar-refractivity contribution in [3.63, 3.8) is 0 Å². The van der Waals surface area contributed by atoms with Gasteiger partial charge in [0, 0.05) is 5.33 Å². The van der Waals surface area contributed by atoms with Gasteiger partial charge in [0.1, 0.15) is 12.0 Å². The van der Waals surface area contributed by atoms with Gasteiger partial charge in [-0.05, 0) is 29.8 Å². The molecule has 0 saturated heterocycles. The third kappa shape index (κ3) is 2.04. The van der Waals surface area contributed by atoms with E-state index >= 15 is 0 Å². The minimum Gasteiger partial charge on any atom is -0.293 e. The van der Waals surface area contributed by atoms with Crippen molar-refractivity contribution in [2.75, 3.05) is 0 Å². The number of nitrogens with zero attached hydrogens (tertiary/aromatic N) is 2. The first-order valence-corrected chi connectivity index (χ1v) is 6.79. The number of alkyl halides is 1. The van der Waals surface area contributed by atoms with Crippen molar-refractivity contribution in [3.05, 3.63) is 59.9 Å². The lowest BCUT2D eigenvalue weighted by Crippen LogP contribution is -2.01. The Morgan fingerprint density at radius 1 is 1.11 bits per heavy atom. The molecular formula is C14H9BrF2N2. The topological polar surface area (TPSA) is 17.8 Å².